The number of nitrogens with zero attached hydrogens (tertiary/aromatic N) is 1. The SMILES string of the molecule is CCOc1cc(/C=C/C(=O)c2c(O)cc(C)oc2=O)ccc1O[C@H](C)C(=O)N(C)C. The number of aromatic hydroxyl groups is 1. The van der Waals surface area contributed by atoms with Crippen molar-refractivity contribution in [1.29, 1.82) is 0 Å². The van der Waals surface area contributed by atoms with Crippen LogP contribution >= 0.6 is 0 Å². The number of amides is 1. The molecule has 0 aliphatic rings. The molecule has 2 rings (SSSR count). The van der Waals surface area contributed by atoms with Gasteiger partial charge in [0.1, 0.15) is 17.1 Å². The largest absolute Gasteiger partial charge is 0.507 e. The van der Waals surface area contributed by atoms with Gasteiger partial charge in [0.05, 0.1) is 6.61 Å². The summed E-state index contributed by atoms with van der Waals surface area (Å²) in [7, 11) is 3.28. The Hall–Kier alpha value is -3.55. The quantitative estimate of drug-likeness (QED) is 0.522. The minimum atomic E-state index is -0.902. The third kappa shape index (κ3) is 5.50. The average molecular weight is 415 g/mol. The Labute approximate surface area is 174 Å². The lowest BCUT2D eigenvalue weighted by Gasteiger charge is -2.20. The molecule has 0 spiro atoms. The Morgan fingerprint density at radius 2 is 1.93 bits per heavy atom. The van der Waals surface area contributed by atoms with Crippen LogP contribution in [0.2, 0.25) is 0 Å². The standard InChI is InChI=1S/C22H25NO7/c1-6-28-19-12-15(8-10-18(19)30-14(3)21(26)23(4)5)7-9-16(24)20-17(25)11-13(2)29-22(20)27/h7-12,14,25H,6H2,1-5H3/b9-7+/t14-/m1/s1. The first-order valence-electron chi connectivity index (χ1n) is 9.34. The van der Waals surface area contributed by atoms with E-state index in [1.807, 2.05) is 6.92 Å². The van der Waals surface area contributed by atoms with Gasteiger partial charge in [-0.25, -0.2) is 4.79 Å². The van der Waals surface area contributed by atoms with Crippen LogP contribution in [0.5, 0.6) is 17.2 Å². The second-order valence-electron chi connectivity index (χ2n) is 6.73. The van der Waals surface area contributed by atoms with Crippen molar-refractivity contribution >= 4 is 17.8 Å². The second kappa shape index (κ2) is 9.78. The van der Waals surface area contributed by atoms with Gasteiger partial charge in [0.25, 0.3) is 5.91 Å². The van der Waals surface area contributed by atoms with E-state index in [0.717, 1.165) is 6.08 Å². The van der Waals surface area contributed by atoms with Gasteiger partial charge in [-0.15, -0.1) is 0 Å². The fourth-order valence-corrected chi connectivity index (χ4v) is 2.68. The summed E-state index contributed by atoms with van der Waals surface area (Å²) in [5, 5.41) is 9.88. The van der Waals surface area contributed by atoms with E-state index in [4.69, 9.17) is 13.9 Å². The van der Waals surface area contributed by atoms with Crippen LogP contribution in [0.15, 0.2) is 39.6 Å². The summed E-state index contributed by atoms with van der Waals surface area (Å²) in [5.41, 5.74) is -0.736. The molecular weight excluding hydrogens is 390 g/mol. The molecule has 0 aliphatic carbocycles. The van der Waals surface area contributed by atoms with Crippen LogP contribution in [0, 0.1) is 6.92 Å². The van der Waals surface area contributed by atoms with Crippen molar-refractivity contribution in [2.45, 2.75) is 26.9 Å². The first-order valence-corrected chi connectivity index (χ1v) is 9.34. The molecular formula is C22H25NO7. The molecule has 160 valence electrons. The zero-order valence-corrected chi connectivity index (χ0v) is 17.6. The number of ether oxygens (including phenoxy) is 2. The minimum absolute atomic E-state index is 0.191. The minimum Gasteiger partial charge on any atom is -0.507 e. The second-order valence-corrected chi connectivity index (χ2v) is 6.73. The molecule has 8 heteroatoms. The lowest BCUT2D eigenvalue weighted by molar-refractivity contribution is -0.135. The monoisotopic (exact) mass is 415 g/mol. The lowest BCUT2D eigenvalue weighted by Crippen LogP contribution is -2.35. The van der Waals surface area contributed by atoms with Crippen molar-refractivity contribution in [3.05, 3.63) is 57.6 Å². The third-order valence-corrected chi connectivity index (χ3v) is 4.09. The molecule has 1 heterocycles. The average Bonchev–Trinajstić information content (AvgIpc) is 2.66. The topological polar surface area (TPSA) is 106 Å². The van der Waals surface area contributed by atoms with Gasteiger partial charge >= 0.3 is 5.63 Å². The highest BCUT2D eigenvalue weighted by atomic mass is 16.5. The van der Waals surface area contributed by atoms with Gasteiger partial charge in [0, 0.05) is 20.2 Å². The van der Waals surface area contributed by atoms with E-state index in [-0.39, 0.29) is 11.7 Å². The molecule has 0 saturated heterocycles. The van der Waals surface area contributed by atoms with Gasteiger partial charge in [-0.3, -0.25) is 9.59 Å². The Morgan fingerprint density at radius 1 is 1.23 bits per heavy atom. The highest BCUT2D eigenvalue weighted by Gasteiger charge is 2.19. The number of carbonyl (C=O) groups excluding carboxylic acids is 2. The summed E-state index contributed by atoms with van der Waals surface area (Å²) in [6, 6.07) is 6.16. The predicted octanol–water partition coefficient (Wildman–Crippen LogP) is 2.80. The van der Waals surface area contributed by atoms with E-state index < -0.39 is 28.8 Å². The van der Waals surface area contributed by atoms with Crippen molar-refractivity contribution < 1.29 is 28.6 Å². The summed E-state index contributed by atoms with van der Waals surface area (Å²) in [6.07, 6.45) is 1.93. The van der Waals surface area contributed by atoms with Gasteiger partial charge in [0.15, 0.2) is 23.4 Å². The molecule has 1 atom stereocenters. The van der Waals surface area contributed by atoms with E-state index in [2.05, 4.69) is 0 Å². The molecule has 8 nitrogen and oxygen atoms in total. The maximum absolute atomic E-state index is 12.3. The Balaban J connectivity index is 2.26. The van der Waals surface area contributed by atoms with Crippen LogP contribution in [0.25, 0.3) is 6.08 Å². The van der Waals surface area contributed by atoms with Crippen molar-refractivity contribution in [3.63, 3.8) is 0 Å². The predicted molar refractivity (Wildman–Crippen MR) is 111 cm³/mol. The van der Waals surface area contributed by atoms with Crippen LogP contribution in [-0.2, 0) is 4.79 Å². The van der Waals surface area contributed by atoms with Crippen LogP contribution < -0.4 is 15.1 Å². The van der Waals surface area contributed by atoms with Crippen molar-refractivity contribution in [1.82, 2.24) is 4.90 Å². The Kier molecular flexibility index (Phi) is 7.41. The first-order chi connectivity index (χ1) is 14.1. The van der Waals surface area contributed by atoms with Gasteiger partial charge in [-0.05, 0) is 44.5 Å². The Bertz CT molecular complexity index is 1020. The molecule has 0 unspecified atom stereocenters. The van der Waals surface area contributed by atoms with Crippen LogP contribution in [-0.4, -0.2) is 48.5 Å². The molecule has 1 aromatic heterocycles. The maximum atomic E-state index is 12.3. The summed E-state index contributed by atoms with van der Waals surface area (Å²) in [6.45, 7) is 5.32. The third-order valence-electron chi connectivity index (χ3n) is 4.09. The fraction of sp³-hybridized carbons (Fsp3) is 0.318. The van der Waals surface area contributed by atoms with Crippen molar-refractivity contribution in [2.75, 3.05) is 20.7 Å². The number of benzene rings is 1. The number of likely N-dealkylation sites (N-methyl/N-ethyl adjacent to an activating group) is 1. The van der Waals surface area contributed by atoms with E-state index >= 15 is 0 Å². The van der Waals surface area contributed by atoms with Gasteiger partial charge in [0.2, 0.25) is 0 Å². The smallest absolute Gasteiger partial charge is 0.351 e. The fourth-order valence-electron chi connectivity index (χ4n) is 2.68. The number of allylic oxidation sites excluding steroid dienone is 1. The molecule has 1 aromatic carbocycles. The lowest BCUT2D eigenvalue weighted by atomic mass is 10.1. The molecule has 0 radical (unpaired) electrons. The number of hydrogen-bond acceptors (Lipinski definition) is 7. The molecule has 2 aromatic rings. The van der Waals surface area contributed by atoms with Gasteiger partial charge < -0.3 is 23.9 Å². The molecule has 0 fully saturated rings. The van der Waals surface area contributed by atoms with Gasteiger partial charge in [-0.2, -0.15) is 0 Å². The Morgan fingerprint density at radius 3 is 2.53 bits per heavy atom. The molecule has 1 N–H and O–H groups in total. The summed E-state index contributed by atoms with van der Waals surface area (Å²) in [4.78, 5) is 37.6. The van der Waals surface area contributed by atoms with Crippen molar-refractivity contribution in [2.24, 2.45) is 0 Å². The normalized spacial score (nSPS) is 11.9. The first kappa shape index (κ1) is 22.7. The molecule has 0 aliphatic heterocycles. The van der Waals surface area contributed by atoms with E-state index in [0.29, 0.717) is 23.7 Å². The summed E-state index contributed by atoms with van der Waals surface area (Å²) >= 11 is 0. The highest BCUT2D eigenvalue weighted by Crippen LogP contribution is 2.30. The zero-order valence-electron chi connectivity index (χ0n) is 17.6. The number of hydrogen-bond donors (Lipinski definition) is 1. The van der Waals surface area contributed by atoms with Crippen LogP contribution in [0.1, 0.15) is 35.5 Å². The maximum Gasteiger partial charge on any atom is 0.351 e. The van der Waals surface area contributed by atoms with Crippen molar-refractivity contribution in [3.8, 4) is 17.2 Å². The molecule has 1 amide bonds. The number of rotatable bonds is 8. The zero-order chi connectivity index (χ0) is 22.4. The highest BCUT2D eigenvalue weighted by molar-refractivity contribution is 6.08. The molecule has 0 bridgehead atoms. The number of aryl methyl sites for hydroxylation is 1. The summed E-state index contributed by atoms with van der Waals surface area (Å²) in [5.74, 6) is -0.315. The summed E-state index contributed by atoms with van der Waals surface area (Å²) < 4.78 is 16.2. The van der Waals surface area contributed by atoms with E-state index in [9.17, 15) is 19.5 Å². The van der Waals surface area contributed by atoms with Crippen LogP contribution in [0.3, 0.4) is 0 Å². The van der Waals surface area contributed by atoms with E-state index in [1.165, 1.54) is 24.0 Å². The number of carbonyl (C=O) groups is 2. The molecule has 30 heavy (non-hydrogen) atoms. The van der Waals surface area contributed by atoms with Crippen LogP contribution in [0.4, 0.5) is 0 Å². The molecule has 0 saturated carbocycles. The van der Waals surface area contributed by atoms with E-state index in [1.54, 1.807) is 39.2 Å². The van der Waals surface area contributed by atoms with Gasteiger partial charge in [-0.1, -0.05) is 12.1 Å². The number of ketones is 1.